The van der Waals surface area contributed by atoms with Gasteiger partial charge in [0.25, 0.3) is 0 Å². The van der Waals surface area contributed by atoms with Crippen molar-refractivity contribution in [1.29, 1.82) is 0 Å². The SMILES string of the molecule is Nc1ncc(-c2cc(F)cc(Cl)c2)c(N2CCC3NCCOC3C2)c1-c1nc2c(F)cc(F)cc2[nH]1. The first-order valence-corrected chi connectivity index (χ1v) is 11.9. The van der Waals surface area contributed by atoms with Gasteiger partial charge in [0.05, 0.1) is 29.5 Å². The molecule has 0 radical (unpaired) electrons. The molecule has 2 aromatic heterocycles. The number of benzene rings is 2. The van der Waals surface area contributed by atoms with Crippen molar-refractivity contribution in [3.8, 4) is 22.5 Å². The van der Waals surface area contributed by atoms with Crippen LogP contribution in [0.25, 0.3) is 33.5 Å². The Labute approximate surface area is 209 Å². The predicted molar refractivity (Wildman–Crippen MR) is 132 cm³/mol. The molecule has 2 unspecified atom stereocenters. The third-order valence-corrected chi connectivity index (χ3v) is 6.93. The number of aromatic amines is 1. The number of hydrogen-bond donors (Lipinski definition) is 3. The average Bonchev–Trinajstić information content (AvgIpc) is 3.27. The molecule has 2 fully saturated rings. The Morgan fingerprint density at radius 1 is 1.11 bits per heavy atom. The lowest BCUT2D eigenvalue weighted by atomic mass is 9.95. The van der Waals surface area contributed by atoms with Crippen molar-refractivity contribution in [2.45, 2.75) is 18.6 Å². The van der Waals surface area contributed by atoms with Gasteiger partial charge in [0.2, 0.25) is 0 Å². The highest BCUT2D eigenvalue weighted by Crippen LogP contribution is 2.43. The second-order valence-electron chi connectivity index (χ2n) is 9.01. The van der Waals surface area contributed by atoms with E-state index in [1.54, 1.807) is 12.3 Å². The minimum atomic E-state index is -0.795. The van der Waals surface area contributed by atoms with E-state index in [9.17, 15) is 13.2 Å². The van der Waals surface area contributed by atoms with Crippen LogP contribution in [0, 0.1) is 17.5 Å². The number of hydrogen-bond acceptors (Lipinski definition) is 6. The highest BCUT2D eigenvalue weighted by molar-refractivity contribution is 6.30. The third-order valence-electron chi connectivity index (χ3n) is 6.71. The summed E-state index contributed by atoms with van der Waals surface area (Å²) in [6.45, 7) is 2.57. The van der Waals surface area contributed by atoms with Gasteiger partial charge in [0.15, 0.2) is 5.82 Å². The van der Waals surface area contributed by atoms with E-state index in [1.807, 2.05) is 0 Å². The molecule has 2 atom stereocenters. The van der Waals surface area contributed by atoms with Crippen molar-refractivity contribution in [2.24, 2.45) is 0 Å². The summed E-state index contributed by atoms with van der Waals surface area (Å²) in [6, 6.07) is 6.39. The van der Waals surface area contributed by atoms with Gasteiger partial charge >= 0.3 is 0 Å². The fraction of sp³-hybridized carbons (Fsp3) is 0.280. The fourth-order valence-corrected chi connectivity index (χ4v) is 5.36. The predicted octanol–water partition coefficient (Wildman–Crippen LogP) is 4.51. The number of ether oxygens (including phenoxy) is 1. The number of imidazole rings is 1. The van der Waals surface area contributed by atoms with Gasteiger partial charge in [-0.3, -0.25) is 0 Å². The number of nitrogen functional groups attached to an aromatic ring is 1. The summed E-state index contributed by atoms with van der Waals surface area (Å²) in [6.07, 6.45) is 2.30. The van der Waals surface area contributed by atoms with Crippen molar-refractivity contribution >= 4 is 34.1 Å². The number of rotatable bonds is 3. The van der Waals surface area contributed by atoms with E-state index in [-0.39, 0.29) is 39.8 Å². The molecule has 0 bridgehead atoms. The molecule has 2 aliphatic heterocycles. The van der Waals surface area contributed by atoms with E-state index in [4.69, 9.17) is 22.1 Å². The van der Waals surface area contributed by atoms with Gasteiger partial charge in [0, 0.05) is 48.5 Å². The number of anilines is 2. The molecule has 0 aliphatic carbocycles. The molecule has 2 saturated heterocycles. The number of halogens is 4. The van der Waals surface area contributed by atoms with Gasteiger partial charge < -0.3 is 25.7 Å². The van der Waals surface area contributed by atoms with Crippen LogP contribution >= 0.6 is 11.6 Å². The Kier molecular flexibility index (Phi) is 5.74. The minimum Gasteiger partial charge on any atom is -0.383 e. The smallest absolute Gasteiger partial charge is 0.153 e. The Morgan fingerprint density at radius 3 is 2.78 bits per heavy atom. The number of fused-ring (bicyclic) bond motifs is 2. The molecule has 7 nitrogen and oxygen atoms in total. The van der Waals surface area contributed by atoms with Crippen LogP contribution in [0.2, 0.25) is 5.02 Å². The summed E-state index contributed by atoms with van der Waals surface area (Å²) in [5.74, 6) is -1.66. The summed E-state index contributed by atoms with van der Waals surface area (Å²) >= 11 is 6.18. The zero-order valence-corrected chi connectivity index (χ0v) is 19.7. The van der Waals surface area contributed by atoms with E-state index in [2.05, 4.69) is 25.2 Å². The van der Waals surface area contributed by atoms with Crippen LogP contribution < -0.4 is 16.0 Å². The molecule has 2 aromatic carbocycles. The zero-order chi connectivity index (χ0) is 25.0. The number of H-pyrrole nitrogens is 1. The maximum Gasteiger partial charge on any atom is 0.153 e. The van der Waals surface area contributed by atoms with Gasteiger partial charge in [-0.1, -0.05) is 11.6 Å². The largest absolute Gasteiger partial charge is 0.383 e. The highest BCUT2D eigenvalue weighted by Gasteiger charge is 2.35. The second-order valence-corrected chi connectivity index (χ2v) is 9.45. The lowest BCUT2D eigenvalue weighted by Gasteiger charge is -2.43. The van der Waals surface area contributed by atoms with Crippen molar-refractivity contribution in [3.63, 3.8) is 0 Å². The van der Waals surface area contributed by atoms with Crippen LogP contribution in [0.15, 0.2) is 36.5 Å². The molecule has 11 heteroatoms. The molecule has 4 N–H and O–H groups in total. The summed E-state index contributed by atoms with van der Waals surface area (Å²) in [5.41, 5.74) is 8.67. The summed E-state index contributed by atoms with van der Waals surface area (Å²) < 4.78 is 48.8. The first-order valence-electron chi connectivity index (χ1n) is 11.6. The van der Waals surface area contributed by atoms with Crippen molar-refractivity contribution in [2.75, 3.05) is 36.9 Å². The maximum absolute atomic E-state index is 14.5. The standard InChI is InChI=1S/C25H22ClF3N6O/c26-13-5-12(6-14(27)7-13)16-10-32-24(30)21(25-33-19-9-15(28)8-17(29)22(19)34-25)23(16)35-3-1-18-20(11-35)36-4-2-31-18/h5-10,18,20,31H,1-4,11H2,(H2,30,32)(H,33,34). The first kappa shape index (κ1) is 23.1. The summed E-state index contributed by atoms with van der Waals surface area (Å²) in [4.78, 5) is 13.8. The highest BCUT2D eigenvalue weighted by atomic mass is 35.5. The molecule has 0 spiro atoms. The molecular weight excluding hydrogens is 493 g/mol. The number of nitrogens with one attached hydrogen (secondary N) is 2. The number of nitrogens with two attached hydrogens (primary N) is 1. The monoisotopic (exact) mass is 514 g/mol. The topological polar surface area (TPSA) is 92.1 Å². The van der Waals surface area contributed by atoms with Gasteiger partial charge in [-0.15, -0.1) is 0 Å². The normalized spacial score (nSPS) is 20.1. The number of pyridine rings is 1. The number of aromatic nitrogens is 3. The Morgan fingerprint density at radius 2 is 1.94 bits per heavy atom. The molecule has 6 rings (SSSR count). The average molecular weight is 515 g/mol. The quantitative estimate of drug-likeness (QED) is 0.372. The third kappa shape index (κ3) is 4.04. The van der Waals surface area contributed by atoms with Gasteiger partial charge in [0.1, 0.15) is 28.8 Å². The Hall–Kier alpha value is -3.34. The van der Waals surface area contributed by atoms with Crippen LogP contribution in [-0.2, 0) is 4.74 Å². The summed E-state index contributed by atoms with van der Waals surface area (Å²) in [7, 11) is 0. The second kappa shape index (κ2) is 8.95. The molecule has 36 heavy (non-hydrogen) atoms. The molecule has 4 heterocycles. The molecule has 4 aromatic rings. The van der Waals surface area contributed by atoms with Gasteiger partial charge in [-0.25, -0.2) is 23.1 Å². The summed E-state index contributed by atoms with van der Waals surface area (Å²) in [5, 5.41) is 3.72. The molecule has 0 saturated carbocycles. The Bertz CT molecular complexity index is 1460. The van der Waals surface area contributed by atoms with Crippen LogP contribution in [0.3, 0.4) is 0 Å². The van der Waals surface area contributed by atoms with Crippen molar-refractivity contribution in [3.05, 3.63) is 59.0 Å². The lowest BCUT2D eigenvalue weighted by molar-refractivity contribution is -0.00899. The van der Waals surface area contributed by atoms with Crippen LogP contribution in [0.1, 0.15) is 6.42 Å². The van der Waals surface area contributed by atoms with E-state index in [1.165, 1.54) is 18.2 Å². The maximum atomic E-state index is 14.5. The Balaban J connectivity index is 1.57. The molecular formula is C25H22ClF3N6O. The lowest BCUT2D eigenvalue weighted by Crippen LogP contribution is -2.58. The molecule has 0 amide bonds. The van der Waals surface area contributed by atoms with Crippen LogP contribution in [0.5, 0.6) is 0 Å². The number of nitrogens with zero attached hydrogens (tertiary/aromatic N) is 3. The van der Waals surface area contributed by atoms with E-state index < -0.39 is 17.5 Å². The van der Waals surface area contributed by atoms with Gasteiger partial charge in [-0.05, 0) is 36.2 Å². The van der Waals surface area contributed by atoms with Crippen molar-refractivity contribution in [1.82, 2.24) is 20.3 Å². The number of morpholine rings is 1. The van der Waals surface area contributed by atoms with Crippen LogP contribution in [-0.4, -0.2) is 53.3 Å². The number of piperidine rings is 1. The van der Waals surface area contributed by atoms with E-state index in [0.29, 0.717) is 42.1 Å². The van der Waals surface area contributed by atoms with Gasteiger partial charge in [-0.2, -0.15) is 0 Å². The first-order chi connectivity index (χ1) is 17.4. The minimum absolute atomic E-state index is 0.0190. The fourth-order valence-electron chi connectivity index (χ4n) is 5.14. The molecule has 186 valence electrons. The zero-order valence-electron chi connectivity index (χ0n) is 19.0. The van der Waals surface area contributed by atoms with E-state index in [0.717, 1.165) is 19.0 Å². The van der Waals surface area contributed by atoms with E-state index >= 15 is 0 Å². The van der Waals surface area contributed by atoms with Crippen molar-refractivity contribution < 1.29 is 17.9 Å². The van der Waals surface area contributed by atoms with Crippen LogP contribution in [0.4, 0.5) is 24.7 Å². The molecule has 2 aliphatic rings.